The molecular weight excluding hydrogens is 353 g/mol. The first-order valence-electron chi connectivity index (χ1n) is 8.47. The number of benzene rings is 2. The predicted octanol–water partition coefficient (Wildman–Crippen LogP) is 3.10. The summed E-state index contributed by atoms with van der Waals surface area (Å²) in [5.41, 5.74) is 0.976. The molecule has 2 aromatic rings. The lowest BCUT2D eigenvalue weighted by Gasteiger charge is -2.18. The van der Waals surface area contributed by atoms with Gasteiger partial charge in [0.15, 0.2) is 24.7 Å². The second kappa shape index (κ2) is 7.65. The number of fused-ring (bicyclic) bond motifs is 1. The number of para-hydroxylation sites is 1. The Bertz CT molecular complexity index is 865. The van der Waals surface area contributed by atoms with Crippen molar-refractivity contribution in [2.24, 2.45) is 0 Å². The molecule has 7 heteroatoms. The van der Waals surface area contributed by atoms with Crippen molar-refractivity contribution >= 4 is 17.6 Å². The minimum Gasteiger partial charge on any atom is -0.483 e. The Balaban J connectivity index is 1.47. The number of hydrogen-bond donors (Lipinski definition) is 1. The third-order valence-corrected chi connectivity index (χ3v) is 3.87. The van der Waals surface area contributed by atoms with Gasteiger partial charge in [-0.05, 0) is 38.1 Å². The molecular formula is C20H20FNO5. The Kier molecular flexibility index (Phi) is 5.30. The highest BCUT2D eigenvalue weighted by molar-refractivity contribution is 5.92. The number of ether oxygens (including phenoxy) is 3. The molecule has 0 unspecified atom stereocenters. The summed E-state index contributed by atoms with van der Waals surface area (Å²) < 4.78 is 29.3. The van der Waals surface area contributed by atoms with Crippen LogP contribution in [0, 0.1) is 5.82 Å². The SMILES string of the molecule is CC1(C)Cc2cccc(OCC(=O)OCC(=O)Nc3cccc(F)c3)c2O1. The van der Waals surface area contributed by atoms with Gasteiger partial charge in [-0.25, -0.2) is 9.18 Å². The van der Waals surface area contributed by atoms with Crippen LogP contribution in [0.2, 0.25) is 0 Å². The summed E-state index contributed by atoms with van der Waals surface area (Å²) in [7, 11) is 0. The summed E-state index contributed by atoms with van der Waals surface area (Å²) >= 11 is 0. The Morgan fingerprint density at radius 3 is 2.74 bits per heavy atom. The summed E-state index contributed by atoms with van der Waals surface area (Å²) in [5.74, 6) is -0.656. The highest BCUT2D eigenvalue weighted by atomic mass is 19.1. The first-order valence-corrected chi connectivity index (χ1v) is 8.47. The fraction of sp³-hybridized carbons (Fsp3) is 0.300. The van der Waals surface area contributed by atoms with Gasteiger partial charge in [0.1, 0.15) is 11.4 Å². The minimum atomic E-state index is -0.695. The number of halogens is 1. The first-order chi connectivity index (χ1) is 12.8. The van der Waals surface area contributed by atoms with Crippen molar-refractivity contribution in [3.63, 3.8) is 0 Å². The summed E-state index contributed by atoms with van der Waals surface area (Å²) in [6, 6.07) is 10.9. The zero-order valence-corrected chi connectivity index (χ0v) is 15.1. The fourth-order valence-corrected chi connectivity index (χ4v) is 2.79. The van der Waals surface area contributed by atoms with Gasteiger partial charge in [0, 0.05) is 17.7 Å². The van der Waals surface area contributed by atoms with Crippen LogP contribution in [0.4, 0.5) is 10.1 Å². The standard InChI is InChI=1S/C20H20FNO5/c1-20(2)10-13-5-3-8-16(19(13)27-20)25-12-18(24)26-11-17(23)22-15-7-4-6-14(21)9-15/h3-9H,10-12H2,1-2H3,(H,22,23). The molecule has 1 heterocycles. The topological polar surface area (TPSA) is 73.9 Å². The van der Waals surface area contributed by atoms with Gasteiger partial charge in [-0.1, -0.05) is 18.2 Å². The molecule has 0 radical (unpaired) electrons. The maximum absolute atomic E-state index is 13.1. The summed E-state index contributed by atoms with van der Waals surface area (Å²) in [4.78, 5) is 23.6. The van der Waals surface area contributed by atoms with E-state index in [2.05, 4.69) is 5.32 Å². The molecule has 1 N–H and O–H groups in total. The van der Waals surface area contributed by atoms with E-state index in [1.807, 2.05) is 26.0 Å². The molecule has 2 aromatic carbocycles. The molecule has 6 nitrogen and oxygen atoms in total. The predicted molar refractivity (Wildman–Crippen MR) is 96.3 cm³/mol. The molecule has 142 valence electrons. The van der Waals surface area contributed by atoms with Crippen LogP contribution < -0.4 is 14.8 Å². The number of hydrogen-bond acceptors (Lipinski definition) is 5. The third-order valence-electron chi connectivity index (χ3n) is 3.87. The molecule has 1 aliphatic heterocycles. The van der Waals surface area contributed by atoms with E-state index in [-0.39, 0.29) is 17.9 Å². The highest BCUT2D eigenvalue weighted by Crippen LogP contribution is 2.41. The molecule has 0 aliphatic carbocycles. The normalized spacial score (nSPS) is 14.0. The average Bonchev–Trinajstić information content (AvgIpc) is 2.92. The van der Waals surface area contributed by atoms with E-state index >= 15 is 0 Å². The molecule has 0 bridgehead atoms. The first kappa shape index (κ1) is 18.7. The van der Waals surface area contributed by atoms with Crippen molar-refractivity contribution in [3.05, 3.63) is 53.8 Å². The van der Waals surface area contributed by atoms with E-state index in [0.29, 0.717) is 11.5 Å². The number of carbonyl (C=O) groups is 2. The number of nitrogens with one attached hydrogen (secondary N) is 1. The number of esters is 1. The molecule has 0 fully saturated rings. The lowest BCUT2D eigenvalue weighted by Crippen LogP contribution is -2.25. The van der Waals surface area contributed by atoms with Gasteiger partial charge in [0.2, 0.25) is 0 Å². The van der Waals surface area contributed by atoms with Gasteiger partial charge >= 0.3 is 5.97 Å². The van der Waals surface area contributed by atoms with Gasteiger partial charge in [-0.3, -0.25) is 4.79 Å². The van der Waals surface area contributed by atoms with E-state index in [0.717, 1.165) is 12.0 Å². The molecule has 0 saturated carbocycles. The van der Waals surface area contributed by atoms with Crippen molar-refractivity contribution in [3.8, 4) is 11.5 Å². The molecule has 27 heavy (non-hydrogen) atoms. The van der Waals surface area contributed by atoms with Crippen LogP contribution >= 0.6 is 0 Å². The van der Waals surface area contributed by atoms with Crippen molar-refractivity contribution in [1.82, 2.24) is 0 Å². The van der Waals surface area contributed by atoms with Crippen LogP contribution in [0.1, 0.15) is 19.4 Å². The van der Waals surface area contributed by atoms with Crippen LogP contribution in [0.25, 0.3) is 0 Å². The maximum Gasteiger partial charge on any atom is 0.344 e. The van der Waals surface area contributed by atoms with E-state index in [9.17, 15) is 14.0 Å². The monoisotopic (exact) mass is 373 g/mol. The fourth-order valence-electron chi connectivity index (χ4n) is 2.79. The smallest absolute Gasteiger partial charge is 0.344 e. The Labute approximate surface area is 156 Å². The molecule has 1 aliphatic rings. The maximum atomic E-state index is 13.1. The lowest BCUT2D eigenvalue weighted by atomic mass is 10.0. The van der Waals surface area contributed by atoms with Crippen molar-refractivity contribution < 1.29 is 28.2 Å². The van der Waals surface area contributed by atoms with Gasteiger partial charge in [0.25, 0.3) is 5.91 Å². The molecule has 0 saturated heterocycles. The van der Waals surface area contributed by atoms with Crippen molar-refractivity contribution in [2.75, 3.05) is 18.5 Å². The van der Waals surface area contributed by atoms with E-state index in [1.54, 1.807) is 6.07 Å². The highest BCUT2D eigenvalue weighted by Gasteiger charge is 2.32. The van der Waals surface area contributed by atoms with E-state index in [4.69, 9.17) is 14.2 Å². The van der Waals surface area contributed by atoms with Crippen LogP contribution in [-0.2, 0) is 20.7 Å². The van der Waals surface area contributed by atoms with Gasteiger partial charge in [0.05, 0.1) is 0 Å². The minimum absolute atomic E-state index is 0.284. The van der Waals surface area contributed by atoms with Crippen LogP contribution in [0.5, 0.6) is 11.5 Å². The van der Waals surface area contributed by atoms with Crippen LogP contribution in [0.3, 0.4) is 0 Å². The van der Waals surface area contributed by atoms with Crippen LogP contribution in [-0.4, -0.2) is 30.7 Å². The van der Waals surface area contributed by atoms with E-state index in [1.165, 1.54) is 24.3 Å². The van der Waals surface area contributed by atoms with E-state index < -0.39 is 24.3 Å². The number of anilines is 1. The lowest BCUT2D eigenvalue weighted by molar-refractivity contribution is -0.149. The van der Waals surface area contributed by atoms with Crippen molar-refractivity contribution in [1.29, 1.82) is 0 Å². The molecule has 0 atom stereocenters. The van der Waals surface area contributed by atoms with Gasteiger partial charge in [-0.15, -0.1) is 0 Å². The van der Waals surface area contributed by atoms with Crippen molar-refractivity contribution in [2.45, 2.75) is 25.9 Å². The molecule has 1 amide bonds. The second-order valence-electron chi connectivity index (χ2n) is 6.79. The van der Waals surface area contributed by atoms with Crippen LogP contribution in [0.15, 0.2) is 42.5 Å². The molecule has 3 rings (SSSR count). The van der Waals surface area contributed by atoms with Gasteiger partial charge in [-0.2, -0.15) is 0 Å². The quantitative estimate of drug-likeness (QED) is 0.788. The summed E-state index contributed by atoms with van der Waals surface area (Å²) in [5, 5.41) is 2.44. The Hall–Kier alpha value is -3.09. The summed E-state index contributed by atoms with van der Waals surface area (Å²) in [6.07, 6.45) is 0.754. The number of amides is 1. The number of rotatable bonds is 6. The number of carbonyl (C=O) groups excluding carboxylic acids is 2. The molecule has 0 aromatic heterocycles. The van der Waals surface area contributed by atoms with Gasteiger partial charge < -0.3 is 19.5 Å². The third kappa shape index (κ3) is 4.97. The Morgan fingerprint density at radius 1 is 1.19 bits per heavy atom. The largest absolute Gasteiger partial charge is 0.483 e. The molecule has 0 spiro atoms. The second-order valence-corrected chi connectivity index (χ2v) is 6.79. The Morgan fingerprint density at radius 2 is 1.96 bits per heavy atom. The average molecular weight is 373 g/mol. The summed E-state index contributed by atoms with van der Waals surface area (Å²) in [6.45, 7) is 3.10. The zero-order valence-electron chi connectivity index (χ0n) is 15.1. The zero-order chi connectivity index (χ0) is 19.4.